The number of para-hydroxylation sites is 1. The number of hydrogen-bond donors (Lipinski definition) is 2. The second-order valence-corrected chi connectivity index (χ2v) is 4.94. The predicted molar refractivity (Wildman–Crippen MR) is 72.1 cm³/mol. The number of carbonyl (C=O) groups is 1. The van der Waals surface area contributed by atoms with Gasteiger partial charge in [-0.1, -0.05) is 19.9 Å². The summed E-state index contributed by atoms with van der Waals surface area (Å²) in [6, 6.07) is 3.69. The van der Waals surface area contributed by atoms with E-state index in [1.54, 1.807) is 0 Å². The Balaban J connectivity index is 2.85. The van der Waals surface area contributed by atoms with E-state index in [9.17, 15) is 19.3 Å². The van der Waals surface area contributed by atoms with Crippen LogP contribution in [0.1, 0.15) is 20.3 Å². The van der Waals surface area contributed by atoms with Gasteiger partial charge >= 0.3 is 11.7 Å². The van der Waals surface area contributed by atoms with Gasteiger partial charge in [0.15, 0.2) is 0 Å². The average Bonchev–Trinajstić information content (AvgIpc) is 2.33. The molecule has 1 unspecified atom stereocenters. The molecule has 0 spiro atoms. The number of carboxylic acid groups (broad SMARTS) is 1. The van der Waals surface area contributed by atoms with Crippen LogP contribution in [-0.4, -0.2) is 22.5 Å². The minimum atomic E-state index is -0.981. The summed E-state index contributed by atoms with van der Waals surface area (Å²) < 4.78 is 13.4. The lowest BCUT2D eigenvalue weighted by atomic mass is 9.97. The first-order chi connectivity index (χ1) is 9.32. The van der Waals surface area contributed by atoms with E-state index in [1.165, 1.54) is 12.1 Å². The number of halogens is 1. The number of hydrogen-bond acceptors (Lipinski definition) is 4. The first-order valence-electron chi connectivity index (χ1n) is 6.22. The van der Waals surface area contributed by atoms with Crippen LogP contribution < -0.4 is 5.32 Å². The Morgan fingerprint density at radius 2 is 2.15 bits per heavy atom. The van der Waals surface area contributed by atoms with Crippen LogP contribution in [0.3, 0.4) is 0 Å². The van der Waals surface area contributed by atoms with Crippen LogP contribution in [-0.2, 0) is 4.79 Å². The summed E-state index contributed by atoms with van der Waals surface area (Å²) >= 11 is 0. The molecule has 6 nitrogen and oxygen atoms in total. The molecule has 0 aliphatic carbocycles. The fourth-order valence-corrected chi connectivity index (χ4v) is 1.92. The van der Waals surface area contributed by atoms with Crippen LogP contribution in [0, 0.1) is 27.8 Å². The summed E-state index contributed by atoms with van der Waals surface area (Å²) in [5.74, 6) is -2.43. The van der Waals surface area contributed by atoms with E-state index >= 15 is 0 Å². The molecule has 7 heteroatoms. The highest BCUT2D eigenvalue weighted by Crippen LogP contribution is 2.27. The summed E-state index contributed by atoms with van der Waals surface area (Å²) in [5.41, 5.74) is -0.675. The maximum absolute atomic E-state index is 13.4. The SMILES string of the molecule is CC(C)CC(CNc1cccc(F)c1[N+](=O)[O-])C(=O)O. The van der Waals surface area contributed by atoms with E-state index in [0.717, 1.165) is 6.07 Å². The zero-order valence-corrected chi connectivity index (χ0v) is 11.3. The summed E-state index contributed by atoms with van der Waals surface area (Å²) in [4.78, 5) is 21.1. The summed E-state index contributed by atoms with van der Waals surface area (Å²) in [6.45, 7) is 3.79. The smallest absolute Gasteiger partial charge is 0.327 e. The molecule has 20 heavy (non-hydrogen) atoms. The number of carboxylic acids is 1. The molecular formula is C13H17FN2O4. The maximum Gasteiger partial charge on any atom is 0.327 e. The Bertz CT molecular complexity index is 505. The summed E-state index contributed by atoms with van der Waals surface area (Å²) in [6.07, 6.45) is 0.436. The number of anilines is 1. The number of nitrogens with zero attached hydrogens (tertiary/aromatic N) is 1. The van der Waals surface area contributed by atoms with Gasteiger partial charge in [-0.15, -0.1) is 0 Å². The standard InChI is InChI=1S/C13H17FN2O4/c1-8(2)6-9(13(17)18)7-15-11-5-3-4-10(14)12(11)16(19)20/h3-5,8-9,15H,6-7H2,1-2H3,(H,17,18). The van der Waals surface area contributed by atoms with Gasteiger partial charge in [-0.3, -0.25) is 14.9 Å². The second-order valence-electron chi connectivity index (χ2n) is 4.94. The third kappa shape index (κ3) is 4.18. The van der Waals surface area contributed by atoms with E-state index in [2.05, 4.69) is 5.32 Å². The normalized spacial score (nSPS) is 12.2. The number of benzene rings is 1. The fraction of sp³-hybridized carbons (Fsp3) is 0.462. The van der Waals surface area contributed by atoms with Crippen LogP contribution in [0.5, 0.6) is 0 Å². The zero-order chi connectivity index (χ0) is 15.3. The number of aliphatic carboxylic acids is 1. The summed E-state index contributed by atoms with van der Waals surface area (Å²) in [7, 11) is 0. The Kier molecular flexibility index (Phi) is 5.42. The molecule has 0 heterocycles. The average molecular weight is 284 g/mol. The number of nitro groups is 1. The third-order valence-electron chi connectivity index (χ3n) is 2.81. The molecule has 0 fully saturated rings. The molecule has 1 atom stereocenters. The predicted octanol–water partition coefficient (Wildman–Crippen LogP) is 2.89. The Morgan fingerprint density at radius 1 is 1.50 bits per heavy atom. The molecule has 1 aromatic carbocycles. The molecule has 0 amide bonds. The number of nitrogens with one attached hydrogen (secondary N) is 1. The summed E-state index contributed by atoms with van der Waals surface area (Å²) in [5, 5.41) is 22.6. The van der Waals surface area contributed by atoms with E-state index in [4.69, 9.17) is 5.11 Å². The van der Waals surface area contributed by atoms with Crippen molar-refractivity contribution in [2.24, 2.45) is 11.8 Å². The van der Waals surface area contributed by atoms with Crippen molar-refractivity contribution in [3.05, 3.63) is 34.1 Å². The monoisotopic (exact) mass is 284 g/mol. The minimum absolute atomic E-state index is 0.00925. The van der Waals surface area contributed by atoms with Crippen LogP contribution in [0.15, 0.2) is 18.2 Å². The van der Waals surface area contributed by atoms with Crippen molar-refractivity contribution >= 4 is 17.3 Å². The minimum Gasteiger partial charge on any atom is -0.481 e. The molecule has 0 saturated heterocycles. The van der Waals surface area contributed by atoms with Crippen molar-refractivity contribution < 1.29 is 19.2 Å². The highest BCUT2D eigenvalue weighted by molar-refractivity contribution is 5.71. The second kappa shape index (κ2) is 6.83. The van der Waals surface area contributed by atoms with Gasteiger partial charge in [-0.25, -0.2) is 0 Å². The lowest BCUT2D eigenvalue weighted by Gasteiger charge is -2.16. The third-order valence-corrected chi connectivity index (χ3v) is 2.81. The van der Waals surface area contributed by atoms with Gasteiger partial charge in [0.1, 0.15) is 5.69 Å². The van der Waals surface area contributed by atoms with Crippen molar-refractivity contribution in [2.45, 2.75) is 20.3 Å². The Hall–Kier alpha value is -2.18. The van der Waals surface area contributed by atoms with E-state index in [0.29, 0.717) is 6.42 Å². The highest BCUT2D eigenvalue weighted by Gasteiger charge is 2.23. The number of rotatable bonds is 7. The quantitative estimate of drug-likeness (QED) is 0.593. The van der Waals surface area contributed by atoms with Gasteiger partial charge in [-0.05, 0) is 24.5 Å². The van der Waals surface area contributed by atoms with Crippen molar-refractivity contribution in [1.29, 1.82) is 0 Å². The van der Waals surface area contributed by atoms with Gasteiger partial charge in [0, 0.05) is 6.54 Å². The largest absolute Gasteiger partial charge is 0.481 e. The van der Waals surface area contributed by atoms with Gasteiger partial charge in [0.05, 0.1) is 10.8 Å². The van der Waals surface area contributed by atoms with Crippen LogP contribution in [0.25, 0.3) is 0 Å². The van der Waals surface area contributed by atoms with Gasteiger partial charge in [-0.2, -0.15) is 4.39 Å². The maximum atomic E-state index is 13.4. The fourth-order valence-electron chi connectivity index (χ4n) is 1.92. The van der Waals surface area contributed by atoms with Crippen molar-refractivity contribution in [2.75, 3.05) is 11.9 Å². The molecule has 0 aliphatic heterocycles. The Morgan fingerprint density at radius 3 is 2.65 bits per heavy atom. The molecule has 0 radical (unpaired) electrons. The van der Waals surface area contributed by atoms with Crippen molar-refractivity contribution in [3.63, 3.8) is 0 Å². The Labute approximate surface area is 115 Å². The lowest BCUT2D eigenvalue weighted by molar-refractivity contribution is -0.386. The van der Waals surface area contributed by atoms with E-state index < -0.39 is 28.3 Å². The van der Waals surface area contributed by atoms with Crippen LogP contribution in [0.4, 0.5) is 15.8 Å². The topological polar surface area (TPSA) is 92.5 Å². The molecule has 2 N–H and O–H groups in total. The molecule has 0 aliphatic rings. The van der Waals surface area contributed by atoms with E-state index in [-0.39, 0.29) is 18.2 Å². The van der Waals surface area contributed by atoms with Crippen LogP contribution >= 0.6 is 0 Å². The van der Waals surface area contributed by atoms with Crippen molar-refractivity contribution in [1.82, 2.24) is 0 Å². The highest BCUT2D eigenvalue weighted by atomic mass is 19.1. The molecule has 1 aromatic rings. The van der Waals surface area contributed by atoms with Gasteiger partial charge in [0.2, 0.25) is 5.82 Å². The van der Waals surface area contributed by atoms with Crippen LogP contribution in [0.2, 0.25) is 0 Å². The molecule has 1 rings (SSSR count). The zero-order valence-electron chi connectivity index (χ0n) is 11.3. The molecule has 110 valence electrons. The van der Waals surface area contributed by atoms with E-state index in [1.807, 2.05) is 13.8 Å². The molecule has 0 saturated carbocycles. The molecule has 0 bridgehead atoms. The lowest BCUT2D eigenvalue weighted by Crippen LogP contribution is -2.24. The first-order valence-corrected chi connectivity index (χ1v) is 6.22. The van der Waals surface area contributed by atoms with Gasteiger partial charge < -0.3 is 10.4 Å². The first kappa shape index (κ1) is 15.9. The van der Waals surface area contributed by atoms with Crippen molar-refractivity contribution in [3.8, 4) is 0 Å². The molecular weight excluding hydrogens is 267 g/mol. The van der Waals surface area contributed by atoms with Gasteiger partial charge in [0.25, 0.3) is 0 Å². The number of nitro benzene ring substituents is 1. The molecule has 0 aromatic heterocycles.